The molecule has 0 aliphatic carbocycles. The first kappa shape index (κ1) is 8.50. The molecule has 1 aliphatic rings. The summed E-state index contributed by atoms with van der Waals surface area (Å²) in [6.45, 7) is 0. The predicted molar refractivity (Wildman–Crippen MR) is 52.5 cm³/mol. The van der Waals surface area contributed by atoms with Crippen LogP contribution >= 0.6 is 0 Å². The normalized spacial score (nSPS) is 13.6. The number of nitrogens with zero attached hydrogens (tertiary/aromatic N) is 1. The third-order valence-corrected chi connectivity index (χ3v) is 1.77. The highest BCUT2D eigenvalue weighted by Crippen LogP contribution is 2.29. The number of rotatable bonds is 1. The Labute approximate surface area is 80.7 Å². The fourth-order valence-corrected chi connectivity index (χ4v) is 1.12. The molecule has 0 saturated heterocycles. The van der Waals surface area contributed by atoms with Crippen molar-refractivity contribution in [2.24, 2.45) is 10.7 Å². The lowest BCUT2D eigenvalue weighted by Gasteiger charge is -2.05. The van der Waals surface area contributed by atoms with Crippen LogP contribution in [0.1, 0.15) is 0 Å². The molecule has 0 fully saturated rings. The summed E-state index contributed by atoms with van der Waals surface area (Å²) in [6.07, 6.45) is 2.94. The minimum atomic E-state index is -0.604. The Balaban J connectivity index is 2.42. The van der Waals surface area contributed by atoms with Crippen molar-refractivity contribution in [1.29, 1.82) is 0 Å². The molecule has 0 unspecified atom stereocenters. The molecule has 2 rings (SSSR count). The topological polar surface area (TPSA) is 64.7 Å². The van der Waals surface area contributed by atoms with Crippen molar-refractivity contribution in [1.82, 2.24) is 0 Å². The van der Waals surface area contributed by atoms with Crippen LogP contribution in [0.4, 0.5) is 5.69 Å². The van der Waals surface area contributed by atoms with E-state index < -0.39 is 5.91 Å². The van der Waals surface area contributed by atoms with Crippen molar-refractivity contribution in [3.63, 3.8) is 0 Å². The molecule has 0 saturated carbocycles. The summed E-state index contributed by atoms with van der Waals surface area (Å²) in [5, 5.41) is 0. The molecular weight excluding hydrogens is 180 g/mol. The first-order valence-electron chi connectivity index (χ1n) is 4.08. The fourth-order valence-electron chi connectivity index (χ4n) is 1.12. The summed E-state index contributed by atoms with van der Waals surface area (Å²) >= 11 is 0. The fraction of sp³-hybridized carbons (Fsp3) is 0. The van der Waals surface area contributed by atoms with Crippen LogP contribution in [0.3, 0.4) is 0 Å². The van der Waals surface area contributed by atoms with Gasteiger partial charge >= 0.3 is 0 Å². The second-order valence-electron chi connectivity index (χ2n) is 2.74. The number of fused-ring (bicyclic) bond motifs is 1. The molecule has 70 valence electrons. The van der Waals surface area contributed by atoms with Gasteiger partial charge in [0.25, 0.3) is 5.91 Å². The third kappa shape index (κ3) is 1.50. The molecular formula is C10H8N2O2. The third-order valence-electron chi connectivity index (χ3n) is 1.77. The number of aliphatic imine (C=N–C) groups is 1. The number of nitrogens with two attached hydrogens (primary N) is 1. The number of carbonyl (C=O) groups is 1. The second-order valence-corrected chi connectivity index (χ2v) is 2.74. The van der Waals surface area contributed by atoms with Gasteiger partial charge in [-0.3, -0.25) is 9.79 Å². The standard InChI is InChI=1S/C10H8N2O2/c11-10(13)9-5-6-12-7-3-1-2-4-8(7)14-9/h1-6H,(H2,11,13). The van der Waals surface area contributed by atoms with E-state index in [-0.39, 0.29) is 5.76 Å². The number of hydrogen-bond acceptors (Lipinski definition) is 3. The Bertz CT molecular complexity index is 436. The van der Waals surface area contributed by atoms with E-state index in [0.29, 0.717) is 11.4 Å². The van der Waals surface area contributed by atoms with Gasteiger partial charge in [0, 0.05) is 12.3 Å². The van der Waals surface area contributed by atoms with E-state index in [1.807, 2.05) is 6.07 Å². The van der Waals surface area contributed by atoms with Crippen LogP contribution in [0.15, 0.2) is 41.1 Å². The molecule has 1 aromatic rings. The lowest BCUT2D eigenvalue weighted by atomic mass is 10.3. The Morgan fingerprint density at radius 3 is 2.93 bits per heavy atom. The van der Waals surface area contributed by atoms with E-state index in [1.165, 1.54) is 12.3 Å². The number of primary amides is 1. The number of para-hydroxylation sites is 2. The van der Waals surface area contributed by atoms with Crippen molar-refractivity contribution in [2.75, 3.05) is 0 Å². The number of allylic oxidation sites excluding steroid dienone is 1. The number of ether oxygens (including phenoxy) is 1. The smallest absolute Gasteiger partial charge is 0.284 e. The van der Waals surface area contributed by atoms with Crippen LogP contribution in [0.25, 0.3) is 0 Å². The highest BCUT2D eigenvalue weighted by Gasteiger charge is 2.11. The Morgan fingerprint density at radius 1 is 1.36 bits per heavy atom. The van der Waals surface area contributed by atoms with Gasteiger partial charge in [-0.05, 0) is 12.1 Å². The van der Waals surface area contributed by atoms with Gasteiger partial charge < -0.3 is 10.5 Å². The van der Waals surface area contributed by atoms with Crippen LogP contribution in [0, 0.1) is 0 Å². The first-order chi connectivity index (χ1) is 6.77. The number of hydrogen-bond donors (Lipinski definition) is 1. The molecule has 0 atom stereocenters. The van der Waals surface area contributed by atoms with Gasteiger partial charge in [-0.15, -0.1) is 0 Å². The van der Waals surface area contributed by atoms with Crippen LogP contribution < -0.4 is 10.5 Å². The average Bonchev–Trinajstić information content (AvgIpc) is 2.39. The van der Waals surface area contributed by atoms with Crippen LogP contribution in [0.5, 0.6) is 5.75 Å². The molecule has 4 nitrogen and oxygen atoms in total. The van der Waals surface area contributed by atoms with Crippen molar-refractivity contribution < 1.29 is 9.53 Å². The number of benzene rings is 1. The molecule has 2 N–H and O–H groups in total. The molecule has 0 spiro atoms. The second kappa shape index (κ2) is 3.33. The number of amides is 1. The Hall–Kier alpha value is -2.10. The zero-order valence-corrected chi connectivity index (χ0v) is 7.31. The molecule has 0 bridgehead atoms. The quantitative estimate of drug-likeness (QED) is 0.718. The Kier molecular flexibility index (Phi) is 2.02. The summed E-state index contributed by atoms with van der Waals surface area (Å²) in [6, 6.07) is 7.17. The maximum atomic E-state index is 10.9. The molecule has 1 amide bonds. The zero-order chi connectivity index (χ0) is 9.97. The number of carbonyl (C=O) groups excluding carboxylic acids is 1. The maximum Gasteiger partial charge on any atom is 0.284 e. The molecule has 1 aromatic carbocycles. The van der Waals surface area contributed by atoms with Crippen LogP contribution in [0.2, 0.25) is 0 Å². The van der Waals surface area contributed by atoms with E-state index in [1.54, 1.807) is 18.2 Å². The molecule has 0 aromatic heterocycles. The maximum absolute atomic E-state index is 10.9. The average molecular weight is 188 g/mol. The van der Waals surface area contributed by atoms with Gasteiger partial charge in [-0.25, -0.2) is 0 Å². The van der Waals surface area contributed by atoms with Gasteiger partial charge in [-0.2, -0.15) is 0 Å². The lowest BCUT2D eigenvalue weighted by Crippen LogP contribution is -2.18. The van der Waals surface area contributed by atoms with E-state index in [2.05, 4.69) is 4.99 Å². The van der Waals surface area contributed by atoms with Crippen molar-refractivity contribution in [3.05, 3.63) is 36.1 Å². The van der Waals surface area contributed by atoms with Gasteiger partial charge in [0.2, 0.25) is 0 Å². The van der Waals surface area contributed by atoms with E-state index in [9.17, 15) is 4.79 Å². The molecule has 4 heteroatoms. The van der Waals surface area contributed by atoms with Gasteiger partial charge in [-0.1, -0.05) is 12.1 Å². The minimum absolute atomic E-state index is 0.0960. The highest BCUT2D eigenvalue weighted by atomic mass is 16.5. The van der Waals surface area contributed by atoms with Gasteiger partial charge in [0.05, 0.1) is 0 Å². The SMILES string of the molecule is NC(=O)C1=CC=Nc2ccccc2O1. The summed E-state index contributed by atoms with van der Waals surface area (Å²) in [5.74, 6) is 0.0261. The summed E-state index contributed by atoms with van der Waals surface area (Å²) < 4.78 is 5.28. The summed E-state index contributed by atoms with van der Waals surface area (Å²) in [7, 11) is 0. The van der Waals surface area contributed by atoms with Crippen molar-refractivity contribution in [2.45, 2.75) is 0 Å². The summed E-state index contributed by atoms with van der Waals surface area (Å²) in [5.41, 5.74) is 5.78. The minimum Gasteiger partial charge on any atom is -0.449 e. The van der Waals surface area contributed by atoms with Crippen LogP contribution in [-0.2, 0) is 4.79 Å². The lowest BCUT2D eigenvalue weighted by molar-refractivity contribution is -0.116. The van der Waals surface area contributed by atoms with Crippen molar-refractivity contribution in [3.8, 4) is 5.75 Å². The Morgan fingerprint density at radius 2 is 2.14 bits per heavy atom. The molecule has 14 heavy (non-hydrogen) atoms. The van der Waals surface area contributed by atoms with Crippen molar-refractivity contribution >= 4 is 17.8 Å². The highest BCUT2D eigenvalue weighted by molar-refractivity contribution is 5.96. The molecule has 1 heterocycles. The van der Waals surface area contributed by atoms with E-state index in [4.69, 9.17) is 10.5 Å². The predicted octanol–water partition coefficient (Wildman–Crippen LogP) is 1.15. The molecule has 1 aliphatic heterocycles. The largest absolute Gasteiger partial charge is 0.449 e. The zero-order valence-electron chi connectivity index (χ0n) is 7.31. The first-order valence-corrected chi connectivity index (χ1v) is 4.08. The van der Waals surface area contributed by atoms with E-state index >= 15 is 0 Å². The van der Waals surface area contributed by atoms with Gasteiger partial charge in [0.15, 0.2) is 11.5 Å². The molecule has 0 radical (unpaired) electrons. The monoisotopic (exact) mass is 188 g/mol. The van der Waals surface area contributed by atoms with Gasteiger partial charge in [0.1, 0.15) is 5.69 Å². The summed E-state index contributed by atoms with van der Waals surface area (Å²) in [4.78, 5) is 15.0. The van der Waals surface area contributed by atoms with Crippen LogP contribution in [-0.4, -0.2) is 12.1 Å². The van der Waals surface area contributed by atoms with E-state index in [0.717, 1.165) is 0 Å².